The Balaban J connectivity index is 1.48. The topological polar surface area (TPSA) is 45.2 Å². The molecule has 4 nitrogen and oxygen atoms in total. The number of alkyl halides is 3. The SMILES string of the molecule is Cc1cncc(N2CC(NC(=O)Cc3ccc(C(F)(F)F)cc3)C2)c1. The first-order valence-electron chi connectivity index (χ1n) is 7.93. The molecule has 1 aliphatic heterocycles. The second-order valence-corrected chi connectivity index (χ2v) is 6.26. The second-order valence-electron chi connectivity index (χ2n) is 6.26. The fourth-order valence-electron chi connectivity index (χ4n) is 2.77. The van der Waals surface area contributed by atoms with E-state index in [0.717, 1.165) is 23.4 Å². The van der Waals surface area contributed by atoms with Crippen LogP contribution in [0.25, 0.3) is 0 Å². The lowest BCUT2D eigenvalue weighted by molar-refractivity contribution is -0.137. The van der Waals surface area contributed by atoms with Crippen molar-refractivity contribution in [2.75, 3.05) is 18.0 Å². The average Bonchev–Trinajstić information content (AvgIpc) is 2.50. The lowest BCUT2D eigenvalue weighted by atomic mass is 10.1. The van der Waals surface area contributed by atoms with E-state index >= 15 is 0 Å². The zero-order valence-corrected chi connectivity index (χ0v) is 13.7. The lowest BCUT2D eigenvalue weighted by Gasteiger charge is -2.41. The minimum Gasteiger partial charge on any atom is -0.366 e. The Kier molecular flexibility index (Phi) is 4.65. The summed E-state index contributed by atoms with van der Waals surface area (Å²) in [5.41, 5.74) is 1.95. The Morgan fingerprint density at radius 3 is 2.52 bits per heavy atom. The number of nitrogens with zero attached hydrogens (tertiary/aromatic N) is 2. The van der Waals surface area contributed by atoms with Crippen molar-refractivity contribution in [2.24, 2.45) is 0 Å². The van der Waals surface area contributed by atoms with E-state index in [4.69, 9.17) is 0 Å². The maximum Gasteiger partial charge on any atom is 0.416 e. The van der Waals surface area contributed by atoms with Crippen molar-refractivity contribution >= 4 is 11.6 Å². The first-order valence-corrected chi connectivity index (χ1v) is 7.93. The summed E-state index contributed by atoms with van der Waals surface area (Å²) in [6.07, 6.45) is -0.721. The molecule has 0 unspecified atom stereocenters. The summed E-state index contributed by atoms with van der Waals surface area (Å²) in [4.78, 5) is 18.3. The molecule has 1 amide bonds. The Morgan fingerprint density at radius 2 is 1.92 bits per heavy atom. The Hall–Kier alpha value is -2.57. The second kappa shape index (κ2) is 6.74. The van der Waals surface area contributed by atoms with Crippen LogP contribution in [0.5, 0.6) is 0 Å². The van der Waals surface area contributed by atoms with Crippen LogP contribution >= 0.6 is 0 Å². The standard InChI is InChI=1S/C18H18F3N3O/c1-12-6-16(9-22-8-12)24-10-15(11-24)23-17(25)7-13-2-4-14(5-3-13)18(19,20)21/h2-6,8-9,15H,7,10-11H2,1H3,(H,23,25). The van der Waals surface area contributed by atoms with Gasteiger partial charge in [-0.1, -0.05) is 12.1 Å². The van der Waals surface area contributed by atoms with Crippen LogP contribution in [0, 0.1) is 6.92 Å². The summed E-state index contributed by atoms with van der Waals surface area (Å²) >= 11 is 0. The van der Waals surface area contributed by atoms with Gasteiger partial charge in [0.2, 0.25) is 5.91 Å². The summed E-state index contributed by atoms with van der Waals surface area (Å²) in [7, 11) is 0. The number of rotatable bonds is 4. The van der Waals surface area contributed by atoms with Gasteiger partial charge in [0.1, 0.15) is 0 Å². The van der Waals surface area contributed by atoms with Gasteiger partial charge in [-0.2, -0.15) is 13.2 Å². The quantitative estimate of drug-likeness (QED) is 0.923. The number of carbonyl (C=O) groups is 1. The number of amides is 1. The molecule has 0 radical (unpaired) electrons. The van der Waals surface area contributed by atoms with E-state index in [0.29, 0.717) is 18.7 Å². The Morgan fingerprint density at radius 1 is 1.24 bits per heavy atom. The van der Waals surface area contributed by atoms with Crippen molar-refractivity contribution < 1.29 is 18.0 Å². The predicted octanol–water partition coefficient (Wildman–Crippen LogP) is 2.96. The number of pyridine rings is 1. The molecule has 0 saturated carbocycles. The fourth-order valence-corrected chi connectivity index (χ4v) is 2.77. The number of hydrogen-bond donors (Lipinski definition) is 1. The molecule has 1 N–H and O–H groups in total. The molecule has 1 saturated heterocycles. The third kappa shape index (κ3) is 4.29. The van der Waals surface area contributed by atoms with E-state index in [1.54, 1.807) is 12.4 Å². The smallest absolute Gasteiger partial charge is 0.366 e. The number of hydrogen-bond acceptors (Lipinski definition) is 3. The van der Waals surface area contributed by atoms with E-state index in [-0.39, 0.29) is 18.4 Å². The maximum absolute atomic E-state index is 12.5. The minimum absolute atomic E-state index is 0.0439. The molecule has 0 spiro atoms. The molecule has 0 atom stereocenters. The van der Waals surface area contributed by atoms with Crippen LogP contribution < -0.4 is 10.2 Å². The molecule has 25 heavy (non-hydrogen) atoms. The molecule has 2 aromatic rings. The van der Waals surface area contributed by atoms with Crippen LogP contribution in [-0.4, -0.2) is 30.0 Å². The number of benzene rings is 1. The monoisotopic (exact) mass is 349 g/mol. The highest BCUT2D eigenvalue weighted by Crippen LogP contribution is 2.29. The normalized spacial score (nSPS) is 15.0. The number of aromatic nitrogens is 1. The number of halogens is 3. The van der Waals surface area contributed by atoms with Gasteiger partial charge in [-0.05, 0) is 36.2 Å². The minimum atomic E-state index is -4.36. The number of nitrogens with one attached hydrogen (secondary N) is 1. The first kappa shape index (κ1) is 17.3. The Labute approximate surface area is 143 Å². The number of aryl methyl sites for hydroxylation is 1. The van der Waals surface area contributed by atoms with Crippen molar-refractivity contribution in [3.63, 3.8) is 0 Å². The molecule has 0 aliphatic carbocycles. The van der Waals surface area contributed by atoms with E-state index in [9.17, 15) is 18.0 Å². The van der Waals surface area contributed by atoms with E-state index in [1.807, 2.05) is 13.0 Å². The van der Waals surface area contributed by atoms with E-state index in [2.05, 4.69) is 15.2 Å². The van der Waals surface area contributed by atoms with Gasteiger partial charge in [0.05, 0.1) is 29.9 Å². The van der Waals surface area contributed by atoms with Gasteiger partial charge < -0.3 is 10.2 Å². The Bertz CT molecular complexity index is 753. The van der Waals surface area contributed by atoms with Gasteiger partial charge in [0.15, 0.2) is 0 Å². The maximum atomic E-state index is 12.5. The molecule has 1 fully saturated rings. The first-order chi connectivity index (χ1) is 11.8. The largest absolute Gasteiger partial charge is 0.416 e. The summed E-state index contributed by atoms with van der Waals surface area (Å²) < 4.78 is 37.6. The summed E-state index contributed by atoms with van der Waals surface area (Å²) in [5.74, 6) is -0.188. The van der Waals surface area contributed by atoms with Crippen molar-refractivity contribution in [1.82, 2.24) is 10.3 Å². The van der Waals surface area contributed by atoms with Crippen molar-refractivity contribution in [3.05, 3.63) is 59.4 Å². The van der Waals surface area contributed by atoms with Gasteiger partial charge in [-0.3, -0.25) is 9.78 Å². The van der Waals surface area contributed by atoms with Crippen LogP contribution in [0.1, 0.15) is 16.7 Å². The van der Waals surface area contributed by atoms with Crippen molar-refractivity contribution in [2.45, 2.75) is 25.6 Å². The van der Waals surface area contributed by atoms with Gasteiger partial charge in [-0.25, -0.2) is 0 Å². The van der Waals surface area contributed by atoms with Gasteiger partial charge >= 0.3 is 6.18 Å². The number of carbonyl (C=O) groups excluding carboxylic acids is 1. The third-order valence-electron chi connectivity index (χ3n) is 4.12. The van der Waals surface area contributed by atoms with Crippen LogP contribution in [-0.2, 0) is 17.4 Å². The predicted molar refractivity (Wildman–Crippen MR) is 88.3 cm³/mol. The summed E-state index contributed by atoms with van der Waals surface area (Å²) in [6.45, 7) is 3.37. The van der Waals surface area contributed by atoms with Crippen LogP contribution in [0.3, 0.4) is 0 Å². The lowest BCUT2D eigenvalue weighted by Crippen LogP contribution is -2.59. The highest BCUT2D eigenvalue weighted by molar-refractivity contribution is 5.79. The molecule has 1 aromatic heterocycles. The highest BCUT2D eigenvalue weighted by atomic mass is 19.4. The molecular formula is C18H18F3N3O. The molecule has 2 heterocycles. The molecule has 132 valence electrons. The fraction of sp³-hybridized carbons (Fsp3) is 0.333. The molecule has 1 aromatic carbocycles. The molecular weight excluding hydrogens is 331 g/mol. The highest BCUT2D eigenvalue weighted by Gasteiger charge is 2.30. The zero-order valence-electron chi connectivity index (χ0n) is 13.7. The van der Waals surface area contributed by atoms with Gasteiger partial charge in [0, 0.05) is 19.3 Å². The average molecular weight is 349 g/mol. The van der Waals surface area contributed by atoms with E-state index in [1.165, 1.54) is 12.1 Å². The molecule has 0 bridgehead atoms. The van der Waals surface area contributed by atoms with E-state index < -0.39 is 11.7 Å². The molecule has 1 aliphatic rings. The number of anilines is 1. The summed E-state index contributed by atoms with van der Waals surface area (Å²) in [6, 6.07) is 6.76. The summed E-state index contributed by atoms with van der Waals surface area (Å²) in [5, 5.41) is 2.90. The van der Waals surface area contributed by atoms with Crippen LogP contribution in [0.2, 0.25) is 0 Å². The van der Waals surface area contributed by atoms with Crippen molar-refractivity contribution in [1.29, 1.82) is 0 Å². The third-order valence-corrected chi connectivity index (χ3v) is 4.12. The van der Waals surface area contributed by atoms with Crippen molar-refractivity contribution in [3.8, 4) is 0 Å². The molecule has 3 rings (SSSR count). The van der Waals surface area contributed by atoms with Crippen LogP contribution in [0.15, 0.2) is 42.7 Å². The van der Waals surface area contributed by atoms with Crippen LogP contribution in [0.4, 0.5) is 18.9 Å². The van der Waals surface area contributed by atoms with Gasteiger partial charge in [0.25, 0.3) is 0 Å². The zero-order chi connectivity index (χ0) is 18.0. The van der Waals surface area contributed by atoms with Gasteiger partial charge in [-0.15, -0.1) is 0 Å². The molecule has 7 heteroatoms.